The van der Waals surface area contributed by atoms with Gasteiger partial charge in [0.1, 0.15) is 24.4 Å². The second kappa shape index (κ2) is 15.3. The summed E-state index contributed by atoms with van der Waals surface area (Å²) in [6.07, 6.45) is 4.37. The number of carbonyl (C=O) groups excluding carboxylic acids is 2. The molecule has 3 heterocycles. The van der Waals surface area contributed by atoms with Gasteiger partial charge in [0.05, 0.1) is 59.1 Å². The first kappa shape index (κ1) is 39.2. The summed E-state index contributed by atoms with van der Waals surface area (Å²) in [6.45, 7) is 11.1. The maximum atomic E-state index is 14.1. The van der Waals surface area contributed by atoms with Crippen LogP contribution in [0.2, 0.25) is 0 Å². The number of ketones is 1. The number of phenols is 3. The van der Waals surface area contributed by atoms with Gasteiger partial charge in [0.15, 0.2) is 5.75 Å². The van der Waals surface area contributed by atoms with Crippen molar-refractivity contribution in [3.05, 3.63) is 52.8 Å². The third-order valence-corrected chi connectivity index (χ3v) is 10.1. The van der Waals surface area contributed by atoms with Crippen LogP contribution in [0, 0.1) is 30.6 Å². The van der Waals surface area contributed by atoms with Gasteiger partial charge in [0, 0.05) is 54.2 Å². The summed E-state index contributed by atoms with van der Waals surface area (Å²) >= 11 is 0. The predicted molar refractivity (Wildman–Crippen MR) is 189 cm³/mol. The molecule has 14 nitrogen and oxygen atoms in total. The molecular formula is C37H48N2O12. The summed E-state index contributed by atoms with van der Waals surface area (Å²) in [7, 11) is 2.67. The topological polar surface area (TPSA) is 217 Å². The molecule has 0 aliphatic carbocycles. The van der Waals surface area contributed by atoms with Gasteiger partial charge in [-0.1, -0.05) is 51.1 Å². The van der Waals surface area contributed by atoms with Crippen LogP contribution in [0.4, 0.5) is 5.69 Å². The van der Waals surface area contributed by atoms with Gasteiger partial charge in [-0.2, -0.15) is 0 Å². The lowest BCUT2D eigenvalue weighted by atomic mass is 9.78. The predicted octanol–water partition coefficient (Wildman–Crippen LogP) is 4.16. The van der Waals surface area contributed by atoms with E-state index in [0.29, 0.717) is 0 Å². The number of benzene rings is 2. The molecule has 1 amide bonds. The van der Waals surface area contributed by atoms with Crippen LogP contribution < -0.4 is 10.1 Å². The number of ether oxygens (including phenoxy) is 3. The van der Waals surface area contributed by atoms with E-state index in [9.17, 15) is 40.2 Å². The highest BCUT2D eigenvalue weighted by Gasteiger charge is 2.49. The van der Waals surface area contributed by atoms with Crippen LogP contribution in [0.1, 0.15) is 63.0 Å². The molecule has 7 N–H and O–H groups in total. The van der Waals surface area contributed by atoms with E-state index in [2.05, 4.69) is 10.5 Å². The number of anilines is 1. The number of nitrogens with zero attached hydrogens (tertiary/aromatic N) is 1. The maximum absolute atomic E-state index is 14.1. The fourth-order valence-electron chi connectivity index (χ4n) is 6.59. The van der Waals surface area contributed by atoms with Crippen molar-refractivity contribution in [2.24, 2.45) is 28.8 Å². The van der Waals surface area contributed by atoms with Crippen molar-refractivity contribution in [1.82, 2.24) is 0 Å². The van der Waals surface area contributed by atoms with E-state index in [-0.39, 0.29) is 44.5 Å². The van der Waals surface area contributed by atoms with Crippen molar-refractivity contribution in [2.45, 2.75) is 78.7 Å². The normalized spacial score (nSPS) is 33.1. The largest absolute Gasteiger partial charge is 0.507 e. The zero-order valence-electron chi connectivity index (χ0n) is 30.2. The number of aliphatic hydroxyl groups excluding tert-OH is 3. The molecule has 278 valence electrons. The standard InChI is InChI=1S/C37H48N2O12/c1-16-11-10-12-17(2)36(47)39-27-22(15-38-49-9)32(44)24-25(33(27)45)31(43)21(6)34-26(24)35(46)37(7,51-34)50-14-13-23(48-8)18(3)29(41)20(5)30(42)19(4)28(16)40/h10-16,18-20,23,28-30,40-45H,1-9H3,(H,39,47)/b11-10+,14-13+,17-12-,38-15+/t16-,18+,19+,20-,23-,28-,29+,30+,37-/m0/s1. The highest BCUT2D eigenvalue weighted by Crippen LogP contribution is 2.55. The van der Waals surface area contributed by atoms with Gasteiger partial charge in [-0.15, -0.1) is 0 Å². The van der Waals surface area contributed by atoms with E-state index in [1.54, 1.807) is 39.8 Å². The molecule has 14 heteroatoms. The van der Waals surface area contributed by atoms with E-state index in [1.807, 2.05) is 0 Å². The smallest absolute Gasteiger partial charge is 0.312 e. The van der Waals surface area contributed by atoms with Crippen molar-refractivity contribution in [3.63, 3.8) is 0 Å². The number of aromatic hydroxyl groups is 3. The number of oxime groups is 1. The molecule has 0 saturated heterocycles. The average Bonchev–Trinajstić information content (AvgIpc) is 3.37. The van der Waals surface area contributed by atoms with Crippen LogP contribution in [0.15, 0.2) is 41.3 Å². The van der Waals surface area contributed by atoms with Crippen LogP contribution >= 0.6 is 0 Å². The Hall–Kier alpha value is -4.63. The summed E-state index contributed by atoms with van der Waals surface area (Å²) in [6, 6.07) is 0. The van der Waals surface area contributed by atoms with Crippen LogP contribution in [0.3, 0.4) is 0 Å². The third-order valence-electron chi connectivity index (χ3n) is 10.1. The Morgan fingerprint density at radius 2 is 1.51 bits per heavy atom. The van der Waals surface area contributed by atoms with E-state index in [0.717, 1.165) is 6.21 Å². The van der Waals surface area contributed by atoms with E-state index in [1.165, 1.54) is 53.4 Å². The molecule has 0 saturated carbocycles. The maximum Gasteiger partial charge on any atom is 0.312 e. The SMILES string of the molecule is CO/N=C/c1c2c(O)c3c(O)c(C)c4c(c3c1O)C(=O)[C@@](C)(O/C=C/[C@H](OC)[C@@H](C)[C@@H](O)[C@H](C)[C@H](O)[C@H](C)[C@@H](O)[C@@H](C)/C=C/C=C(/C)C(=O)N2)O4. The lowest BCUT2D eigenvalue weighted by Crippen LogP contribution is -2.44. The number of phenolic OH excluding ortho intramolecular Hbond substituents is 3. The van der Waals surface area contributed by atoms with Crippen molar-refractivity contribution in [1.29, 1.82) is 0 Å². The van der Waals surface area contributed by atoms with Gasteiger partial charge in [0.25, 0.3) is 11.7 Å². The van der Waals surface area contributed by atoms with Crippen LogP contribution in [-0.2, 0) is 19.1 Å². The van der Waals surface area contributed by atoms with Gasteiger partial charge in [-0.25, -0.2) is 0 Å². The second-order valence-corrected chi connectivity index (χ2v) is 13.5. The molecule has 3 aliphatic heterocycles. The first-order valence-corrected chi connectivity index (χ1v) is 16.6. The fraction of sp³-hybridized carbons (Fsp3) is 0.486. The number of methoxy groups -OCH3 is 1. The minimum absolute atomic E-state index is 0.0452. The molecule has 2 aromatic carbocycles. The minimum atomic E-state index is -2.02. The monoisotopic (exact) mass is 712 g/mol. The number of fused-ring (bicyclic) bond motifs is 14. The number of hydrogen-bond acceptors (Lipinski definition) is 13. The number of aliphatic hydroxyl groups is 3. The molecule has 5 rings (SSSR count). The lowest BCUT2D eigenvalue weighted by molar-refractivity contribution is -0.112. The summed E-state index contributed by atoms with van der Waals surface area (Å²) in [5.74, 6) is -7.87. The van der Waals surface area contributed by atoms with Gasteiger partial charge in [-0.3, -0.25) is 9.59 Å². The summed E-state index contributed by atoms with van der Waals surface area (Å²) in [4.78, 5) is 32.3. The molecule has 0 radical (unpaired) electrons. The molecule has 3 aliphatic rings. The Morgan fingerprint density at radius 1 is 0.882 bits per heavy atom. The number of amides is 1. The number of hydrogen-bond donors (Lipinski definition) is 7. The quantitative estimate of drug-likeness (QED) is 0.103. The molecule has 0 fully saturated rings. The van der Waals surface area contributed by atoms with Gasteiger partial charge in [-0.05, 0) is 19.9 Å². The molecule has 5 bridgehead atoms. The van der Waals surface area contributed by atoms with Crippen LogP contribution in [-0.4, -0.2) is 93.0 Å². The third kappa shape index (κ3) is 7.13. The molecule has 51 heavy (non-hydrogen) atoms. The highest BCUT2D eigenvalue weighted by atomic mass is 16.7. The van der Waals surface area contributed by atoms with Gasteiger partial charge < -0.3 is 55.0 Å². The number of Topliss-reactive ketones (excluding diaryl/α,β-unsaturated/α-hetero) is 1. The van der Waals surface area contributed by atoms with Crippen LogP contribution in [0.25, 0.3) is 10.8 Å². The molecule has 9 atom stereocenters. The molecule has 2 aromatic rings. The van der Waals surface area contributed by atoms with Crippen molar-refractivity contribution >= 4 is 34.4 Å². The second-order valence-electron chi connectivity index (χ2n) is 13.5. The molecule has 0 unspecified atom stereocenters. The number of rotatable bonds is 3. The lowest BCUT2D eigenvalue weighted by Gasteiger charge is -2.36. The Balaban J connectivity index is 1.95. The highest BCUT2D eigenvalue weighted by molar-refractivity contribution is 6.23. The first-order chi connectivity index (χ1) is 23.9. The van der Waals surface area contributed by atoms with Gasteiger partial charge in [0.2, 0.25) is 0 Å². The van der Waals surface area contributed by atoms with E-state index >= 15 is 0 Å². The Kier molecular flexibility index (Phi) is 11.8. The zero-order chi connectivity index (χ0) is 38.1. The Morgan fingerprint density at radius 3 is 2.14 bits per heavy atom. The number of carbonyl (C=O) groups is 2. The van der Waals surface area contributed by atoms with Crippen molar-refractivity contribution in [2.75, 3.05) is 19.5 Å². The van der Waals surface area contributed by atoms with Crippen molar-refractivity contribution < 1.29 is 59.3 Å². The van der Waals surface area contributed by atoms with Gasteiger partial charge >= 0.3 is 5.79 Å². The number of nitrogens with one attached hydrogen (secondary N) is 1. The minimum Gasteiger partial charge on any atom is -0.507 e. The first-order valence-electron chi connectivity index (χ1n) is 16.6. The Bertz CT molecular complexity index is 1800. The molecule has 0 aromatic heterocycles. The summed E-state index contributed by atoms with van der Waals surface area (Å²) in [5, 5.41) is 73.7. The van der Waals surface area contributed by atoms with Crippen molar-refractivity contribution in [3.8, 4) is 23.0 Å². The van der Waals surface area contributed by atoms with Crippen LogP contribution in [0.5, 0.6) is 23.0 Å². The zero-order valence-corrected chi connectivity index (χ0v) is 30.2. The molecule has 0 spiro atoms. The fourth-order valence-corrected chi connectivity index (χ4v) is 6.59. The average molecular weight is 713 g/mol. The number of allylic oxidation sites excluding steroid dienone is 2. The summed E-state index contributed by atoms with van der Waals surface area (Å²) in [5.41, 5.74) is -0.576. The van der Waals surface area contributed by atoms with E-state index < -0.39 is 82.8 Å². The Labute approximate surface area is 296 Å². The summed E-state index contributed by atoms with van der Waals surface area (Å²) < 4.78 is 17.4. The van der Waals surface area contributed by atoms with E-state index in [4.69, 9.17) is 19.0 Å². The molecular weight excluding hydrogens is 664 g/mol.